The molecule has 1 amide bonds. The second-order valence-electron chi connectivity index (χ2n) is 7.84. The van der Waals surface area contributed by atoms with Crippen molar-refractivity contribution in [2.45, 2.75) is 23.3 Å². The van der Waals surface area contributed by atoms with Gasteiger partial charge in [-0.05, 0) is 47.9 Å². The van der Waals surface area contributed by atoms with Crippen molar-refractivity contribution in [3.8, 4) is 5.75 Å². The largest absolute Gasteiger partial charge is 0.507 e. The number of aliphatic imine (C=N–C) groups is 1. The van der Waals surface area contributed by atoms with Crippen LogP contribution >= 0.6 is 23.1 Å². The second-order valence-corrected chi connectivity index (χ2v) is 10.1. The Morgan fingerprint density at radius 1 is 1.27 bits per heavy atom. The summed E-state index contributed by atoms with van der Waals surface area (Å²) in [4.78, 5) is 21.3. The van der Waals surface area contributed by atoms with Crippen molar-refractivity contribution in [3.63, 3.8) is 0 Å². The molecule has 168 valence electrons. The molecule has 33 heavy (non-hydrogen) atoms. The van der Waals surface area contributed by atoms with Gasteiger partial charge in [-0.1, -0.05) is 42.1 Å². The number of nitrogens with one attached hydrogen (secondary N) is 1. The van der Waals surface area contributed by atoms with Crippen LogP contribution in [-0.4, -0.2) is 47.2 Å². The summed E-state index contributed by atoms with van der Waals surface area (Å²) in [5, 5.41) is 15.3. The van der Waals surface area contributed by atoms with Gasteiger partial charge in [-0.2, -0.15) is 0 Å². The fourth-order valence-corrected chi connectivity index (χ4v) is 5.74. The smallest absolute Gasteiger partial charge is 0.230 e. The molecule has 4 aromatic rings. The lowest BCUT2D eigenvalue weighted by Crippen LogP contribution is -2.32. The maximum absolute atomic E-state index is 12.1. The van der Waals surface area contributed by atoms with Gasteiger partial charge in [0.15, 0.2) is 4.34 Å². The van der Waals surface area contributed by atoms with Gasteiger partial charge in [0.2, 0.25) is 5.91 Å². The molecule has 1 aliphatic rings. The van der Waals surface area contributed by atoms with Crippen molar-refractivity contribution >= 4 is 61.9 Å². The fourth-order valence-electron chi connectivity index (χ4n) is 3.80. The van der Waals surface area contributed by atoms with Gasteiger partial charge in [0.25, 0.3) is 0 Å². The number of thioether (sulfide) groups is 1. The minimum Gasteiger partial charge on any atom is -0.507 e. The van der Waals surface area contributed by atoms with Gasteiger partial charge in [-0.25, -0.2) is 4.98 Å². The normalized spacial score (nSPS) is 16.2. The average Bonchev–Trinajstić information content (AvgIpc) is 3.50. The van der Waals surface area contributed by atoms with Crippen LogP contribution in [0, 0.1) is 0 Å². The van der Waals surface area contributed by atoms with E-state index in [9.17, 15) is 9.90 Å². The number of aromatic nitrogens is 1. The van der Waals surface area contributed by atoms with E-state index in [1.54, 1.807) is 23.6 Å². The Bertz CT molecular complexity index is 1330. The molecule has 1 fully saturated rings. The average molecular weight is 478 g/mol. The highest BCUT2D eigenvalue weighted by molar-refractivity contribution is 8.01. The topological polar surface area (TPSA) is 83.8 Å². The number of hydrogen-bond acceptors (Lipinski definition) is 7. The molecule has 3 aromatic carbocycles. The number of thiazole rings is 1. The van der Waals surface area contributed by atoms with Crippen LogP contribution in [-0.2, 0) is 9.53 Å². The van der Waals surface area contributed by atoms with Crippen molar-refractivity contribution in [1.82, 2.24) is 10.3 Å². The molecule has 2 heterocycles. The number of rotatable bonds is 7. The van der Waals surface area contributed by atoms with Crippen LogP contribution in [0.3, 0.4) is 0 Å². The van der Waals surface area contributed by atoms with Gasteiger partial charge in [0.1, 0.15) is 5.75 Å². The minimum atomic E-state index is -0.00468. The van der Waals surface area contributed by atoms with Crippen molar-refractivity contribution in [1.29, 1.82) is 0 Å². The van der Waals surface area contributed by atoms with E-state index in [1.165, 1.54) is 11.8 Å². The molecule has 5 rings (SSSR count). The molecule has 1 aliphatic heterocycles. The third-order valence-electron chi connectivity index (χ3n) is 5.52. The summed E-state index contributed by atoms with van der Waals surface area (Å²) in [6.07, 6.45) is 3.93. The number of benzene rings is 3. The highest BCUT2D eigenvalue weighted by Crippen LogP contribution is 2.32. The Labute approximate surface area is 199 Å². The predicted molar refractivity (Wildman–Crippen MR) is 135 cm³/mol. The molecular weight excluding hydrogens is 454 g/mol. The quantitative estimate of drug-likeness (QED) is 0.279. The number of phenolic OH excluding ortho intramolecular Hbond substituents is 1. The van der Waals surface area contributed by atoms with Crippen LogP contribution in [0.5, 0.6) is 5.75 Å². The van der Waals surface area contributed by atoms with Crippen molar-refractivity contribution in [2.24, 2.45) is 4.99 Å². The number of phenols is 1. The van der Waals surface area contributed by atoms with Crippen LogP contribution in [0.15, 0.2) is 63.9 Å². The Kier molecular flexibility index (Phi) is 6.57. The number of carbonyl (C=O) groups is 1. The van der Waals surface area contributed by atoms with Gasteiger partial charge in [-0.3, -0.25) is 9.79 Å². The number of amides is 1. The first-order valence-electron chi connectivity index (χ1n) is 10.8. The fraction of sp³-hybridized carbons (Fsp3) is 0.240. The van der Waals surface area contributed by atoms with Gasteiger partial charge >= 0.3 is 0 Å². The van der Waals surface area contributed by atoms with Gasteiger partial charge < -0.3 is 15.2 Å². The van der Waals surface area contributed by atoms with Crippen LogP contribution in [0.25, 0.3) is 21.0 Å². The lowest BCUT2D eigenvalue weighted by Gasteiger charge is -2.09. The maximum atomic E-state index is 12.1. The van der Waals surface area contributed by atoms with E-state index in [0.29, 0.717) is 17.9 Å². The zero-order chi connectivity index (χ0) is 22.6. The number of ether oxygens (including phenoxy) is 1. The van der Waals surface area contributed by atoms with Gasteiger partial charge in [0, 0.05) is 24.9 Å². The third-order valence-corrected chi connectivity index (χ3v) is 7.68. The van der Waals surface area contributed by atoms with Crippen molar-refractivity contribution < 1.29 is 14.6 Å². The van der Waals surface area contributed by atoms with E-state index >= 15 is 0 Å². The summed E-state index contributed by atoms with van der Waals surface area (Å²) in [6.45, 7) is 1.36. The Balaban J connectivity index is 1.26. The molecule has 0 spiro atoms. The lowest BCUT2D eigenvalue weighted by atomic mass is 10.0. The minimum absolute atomic E-state index is 0.00468. The number of hydrogen-bond donors (Lipinski definition) is 2. The molecule has 1 saturated heterocycles. The van der Waals surface area contributed by atoms with E-state index < -0.39 is 0 Å². The summed E-state index contributed by atoms with van der Waals surface area (Å²) in [7, 11) is 0. The first-order chi connectivity index (χ1) is 16.2. The van der Waals surface area contributed by atoms with E-state index in [1.807, 2.05) is 48.5 Å². The molecule has 1 unspecified atom stereocenters. The highest BCUT2D eigenvalue weighted by atomic mass is 32.2. The zero-order valence-corrected chi connectivity index (χ0v) is 19.5. The number of carbonyl (C=O) groups excluding carboxylic acids is 1. The summed E-state index contributed by atoms with van der Waals surface area (Å²) >= 11 is 2.99. The second kappa shape index (κ2) is 9.91. The monoisotopic (exact) mass is 477 g/mol. The molecule has 0 saturated carbocycles. The standard InChI is InChI=1S/C25H23N3O3S2/c29-22-10-7-16-4-1-2-6-19(16)20(22)14-26-17-8-9-21-23(12-17)33-25(28-21)32-15-24(30)27-13-18-5-3-11-31-18/h1-2,4,6-10,12,14,18,29H,3,5,11,13,15H2,(H,27,30). The molecule has 1 aromatic heterocycles. The lowest BCUT2D eigenvalue weighted by molar-refractivity contribution is -0.119. The molecule has 0 radical (unpaired) electrons. The number of aromatic hydroxyl groups is 1. The van der Waals surface area contributed by atoms with E-state index in [2.05, 4.69) is 15.3 Å². The molecule has 1 atom stereocenters. The summed E-state index contributed by atoms with van der Waals surface area (Å²) in [5.74, 6) is 0.528. The van der Waals surface area contributed by atoms with Gasteiger partial charge in [-0.15, -0.1) is 11.3 Å². The van der Waals surface area contributed by atoms with E-state index in [4.69, 9.17) is 4.74 Å². The third kappa shape index (κ3) is 5.19. The SMILES string of the molecule is O=C(CSc1nc2ccc(N=Cc3c(O)ccc4ccccc34)cc2s1)NCC1CCCO1. The molecule has 8 heteroatoms. The molecule has 0 aliphatic carbocycles. The first-order valence-corrected chi connectivity index (χ1v) is 12.6. The summed E-state index contributed by atoms with van der Waals surface area (Å²) < 4.78 is 7.40. The Hall–Kier alpha value is -2.94. The highest BCUT2D eigenvalue weighted by Gasteiger charge is 2.16. The Morgan fingerprint density at radius 2 is 2.18 bits per heavy atom. The first kappa shape index (κ1) is 21.9. The molecular formula is C25H23N3O3S2. The Morgan fingerprint density at radius 3 is 3.06 bits per heavy atom. The summed E-state index contributed by atoms with van der Waals surface area (Å²) in [6, 6.07) is 17.3. The van der Waals surface area contributed by atoms with Crippen LogP contribution in [0.4, 0.5) is 5.69 Å². The van der Waals surface area contributed by atoms with E-state index in [-0.39, 0.29) is 17.8 Å². The van der Waals surface area contributed by atoms with E-state index in [0.717, 1.165) is 50.5 Å². The number of fused-ring (bicyclic) bond motifs is 2. The predicted octanol–water partition coefficient (Wildman–Crippen LogP) is 5.29. The van der Waals surface area contributed by atoms with Crippen molar-refractivity contribution in [3.05, 3.63) is 60.2 Å². The summed E-state index contributed by atoms with van der Waals surface area (Å²) in [5.41, 5.74) is 2.36. The molecule has 2 N–H and O–H groups in total. The van der Waals surface area contributed by atoms with Crippen LogP contribution < -0.4 is 5.32 Å². The van der Waals surface area contributed by atoms with Crippen LogP contribution in [0.2, 0.25) is 0 Å². The number of nitrogens with zero attached hydrogens (tertiary/aromatic N) is 2. The van der Waals surface area contributed by atoms with Crippen molar-refractivity contribution in [2.75, 3.05) is 18.9 Å². The van der Waals surface area contributed by atoms with Gasteiger partial charge in [0.05, 0.1) is 27.8 Å². The molecule has 0 bridgehead atoms. The maximum Gasteiger partial charge on any atom is 0.230 e. The molecule has 6 nitrogen and oxygen atoms in total. The van der Waals surface area contributed by atoms with Crippen LogP contribution in [0.1, 0.15) is 18.4 Å². The zero-order valence-electron chi connectivity index (χ0n) is 17.9.